The van der Waals surface area contributed by atoms with Gasteiger partial charge in [-0.15, -0.1) is 10.2 Å². The molecule has 9 heteroatoms. The van der Waals surface area contributed by atoms with E-state index in [0.717, 1.165) is 7.11 Å². The number of hydrogen-bond donors (Lipinski definition) is 2. The van der Waals surface area contributed by atoms with Crippen molar-refractivity contribution < 1.29 is 14.3 Å². The largest absolute Gasteiger partial charge is 0.462 e. The fourth-order valence-corrected chi connectivity index (χ4v) is 1.53. The zero-order chi connectivity index (χ0) is 13.8. The van der Waals surface area contributed by atoms with Crippen molar-refractivity contribution in [2.24, 2.45) is 0 Å². The number of hydrogen-bond acceptors (Lipinski definition) is 6. The molecule has 0 aliphatic heterocycles. The molecule has 2 N–H and O–H groups in total. The van der Waals surface area contributed by atoms with E-state index in [2.05, 4.69) is 30.7 Å². The highest BCUT2D eigenvalue weighted by atomic mass is 35.5. The van der Waals surface area contributed by atoms with Crippen molar-refractivity contribution in [1.29, 1.82) is 0 Å². The van der Waals surface area contributed by atoms with Crippen LogP contribution in [-0.2, 0) is 14.3 Å². The standard InChI is InChI=1S/C10H8ClN5O3/c1-19-10(18)9(17)12-7-4-5(11)2-3-6(7)8-13-15-16-14-8/h2-4H,1H3,(H,12,17)(H,13,14,15,16). The number of anilines is 1. The van der Waals surface area contributed by atoms with E-state index in [1.165, 1.54) is 6.07 Å². The molecule has 0 aliphatic carbocycles. The van der Waals surface area contributed by atoms with Crippen LogP contribution >= 0.6 is 11.6 Å². The van der Waals surface area contributed by atoms with Crippen LogP contribution in [0.2, 0.25) is 5.02 Å². The first kappa shape index (κ1) is 13.0. The van der Waals surface area contributed by atoms with Gasteiger partial charge in [-0.1, -0.05) is 11.6 Å². The highest BCUT2D eigenvalue weighted by Gasteiger charge is 2.17. The smallest absolute Gasteiger partial charge is 0.396 e. The number of rotatable bonds is 2. The first-order valence-electron chi connectivity index (χ1n) is 5.04. The second-order valence-corrected chi connectivity index (χ2v) is 3.81. The van der Waals surface area contributed by atoms with E-state index in [-0.39, 0.29) is 11.5 Å². The quantitative estimate of drug-likeness (QED) is 0.617. The van der Waals surface area contributed by atoms with Gasteiger partial charge in [0.1, 0.15) is 0 Å². The SMILES string of the molecule is COC(=O)C(=O)Nc1cc(Cl)ccc1-c1nn[nH]n1. The van der Waals surface area contributed by atoms with Crippen LogP contribution in [0.3, 0.4) is 0 Å². The minimum atomic E-state index is -1.01. The number of carbonyl (C=O) groups is 2. The molecule has 1 amide bonds. The summed E-state index contributed by atoms with van der Waals surface area (Å²) in [5.74, 6) is -1.68. The average molecular weight is 282 g/mol. The summed E-state index contributed by atoms with van der Waals surface area (Å²) in [4.78, 5) is 22.6. The molecule has 1 aromatic heterocycles. The number of benzene rings is 1. The van der Waals surface area contributed by atoms with Gasteiger partial charge in [0.05, 0.1) is 12.8 Å². The molecule has 0 spiro atoms. The lowest BCUT2D eigenvalue weighted by atomic mass is 10.1. The van der Waals surface area contributed by atoms with Gasteiger partial charge in [-0.2, -0.15) is 5.21 Å². The van der Waals surface area contributed by atoms with Crippen molar-refractivity contribution in [2.75, 3.05) is 12.4 Å². The molecule has 0 radical (unpaired) electrons. The number of halogens is 1. The molecular formula is C10H8ClN5O3. The summed E-state index contributed by atoms with van der Waals surface area (Å²) < 4.78 is 4.31. The summed E-state index contributed by atoms with van der Waals surface area (Å²) in [6.45, 7) is 0. The molecule has 98 valence electrons. The number of ether oxygens (including phenoxy) is 1. The van der Waals surface area contributed by atoms with Gasteiger partial charge in [0, 0.05) is 10.6 Å². The van der Waals surface area contributed by atoms with E-state index >= 15 is 0 Å². The predicted octanol–water partition coefficient (Wildman–Crippen LogP) is 0.632. The van der Waals surface area contributed by atoms with Crippen molar-refractivity contribution in [3.8, 4) is 11.4 Å². The number of H-pyrrole nitrogens is 1. The van der Waals surface area contributed by atoms with Crippen LogP contribution in [0.25, 0.3) is 11.4 Å². The van der Waals surface area contributed by atoms with Crippen LogP contribution in [0, 0.1) is 0 Å². The Kier molecular flexibility index (Phi) is 3.71. The summed E-state index contributed by atoms with van der Waals surface area (Å²) in [5.41, 5.74) is 0.750. The Morgan fingerprint density at radius 1 is 1.42 bits per heavy atom. The number of carbonyl (C=O) groups excluding carboxylic acids is 2. The Morgan fingerprint density at radius 3 is 2.84 bits per heavy atom. The fraction of sp³-hybridized carbons (Fsp3) is 0.100. The van der Waals surface area contributed by atoms with Gasteiger partial charge in [-0.3, -0.25) is 4.79 Å². The van der Waals surface area contributed by atoms with Crippen molar-refractivity contribution in [3.63, 3.8) is 0 Å². The zero-order valence-corrected chi connectivity index (χ0v) is 10.4. The number of methoxy groups -OCH3 is 1. The van der Waals surface area contributed by atoms with Crippen LogP contribution in [0.4, 0.5) is 5.69 Å². The molecule has 0 aliphatic rings. The molecule has 1 aromatic carbocycles. The highest BCUT2D eigenvalue weighted by molar-refractivity contribution is 6.38. The third-order valence-electron chi connectivity index (χ3n) is 2.19. The summed E-state index contributed by atoms with van der Waals surface area (Å²) in [5, 5.41) is 16.0. The molecule has 0 fully saturated rings. The monoisotopic (exact) mass is 281 g/mol. The van der Waals surface area contributed by atoms with Crippen molar-refractivity contribution >= 4 is 29.2 Å². The van der Waals surface area contributed by atoms with E-state index in [1.54, 1.807) is 12.1 Å². The molecule has 8 nitrogen and oxygen atoms in total. The van der Waals surface area contributed by atoms with Crippen LogP contribution in [0.5, 0.6) is 0 Å². The Hall–Kier alpha value is -2.48. The molecule has 0 atom stereocenters. The minimum Gasteiger partial charge on any atom is -0.462 e. The van der Waals surface area contributed by atoms with Gasteiger partial charge in [0.15, 0.2) is 0 Å². The summed E-state index contributed by atoms with van der Waals surface area (Å²) in [6.07, 6.45) is 0. The van der Waals surface area contributed by atoms with E-state index in [4.69, 9.17) is 11.6 Å². The maximum absolute atomic E-state index is 11.5. The maximum atomic E-state index is 11.5. The maximum Gasteiger partial charge on any atom is 0.396 e. The number of esters is 1. The summed E-state index contributed by atoms with van der Waals surface area (Å²) >= 11 is 5.84. The Labute approximate surface area is 112 Å². The third kappa shape index (κ3) is 2.86. The molecule has 0 unspecified atom stereocenters. The number of aromatic nitrogens is 4. The predicted molar refractivity (Wildman–Crippen MR) is 65.3 cm³/mol. The number of amides is 1. The molecule has 0 bridgehead atoms. The van der Waals surface area contributed by atoms with Gasteiger partial charge >= 0.3 is 11.9 Å². The summed E-state index contributed by atoms with van der Waals surface area (Å²) in [7, 11) is 1.11. The van der Waals surface area contributed by atoms with Crippen LogP contribution in [0.1, 0.15) is 0 Å². The Bertz CT molecular complexity index is 614. The molecule has 1 heterocycles. The second kappa shape index (κ2) is 5.44. The third-order valence-corrected chi connectivity index (χ3v) is 2.42. The average Bonchev–Trinajstić information content (AvgIpc) is 2.91. The minimum absolute atomic E-state index is 0.261. The van der Waals surface area contributed by atoms with E-state index in [1.807, 2.05) is 0 Å². The molecule has 0 saturated carbocycles. The van der Waals surface area contributed by atoms with Gasteiger partial charge < -0.3 is 10.1 Å². The molecule has 2 rings (SSSR count). The Balaban J connectivity index is 2.36. The highest BCUT2D eigenvalue weighted by Crippen LogP contribution is 2.27. The number of nitrogens with zero attached hydrogens (tertiary/aromatic N) is 3. The topological polar surface area (TPSA) is 110 Å². The lowest BCUT2D eigenvalue weighted by Gasteiger charge is -2.08. The van der Waals surface area contributed by atoms with E-state index in [0.29, 0.717) is 10.6 Å². The number of nitrogens with one attached hydrogen (secondary N) is 2. The van der Waals surface area contributed by atoms with Gasteiger partial charge in [-0.25, -0.2) is 4.79 Å². The van der Waals surface area contributed by atoms with Gasteiger partial charge in [0.25, 0.3) is 0 Å². The molecule has 19 heavy (non-hydrogen) atoms. The number of aromatic amines is 1. The number of tetrazole rings is 1. The fourth-order valence-electron chi connectivity index (χ4n) is 1.36. The van der Waals surface area contributed by atoms with Crippen molar-refractivity contribution in [3.05, 3.63) is 23.2 Å². The van der Waals surface area contributed by atoms with Gasteiger partial charge in [-0.05, 0) is 23.4 Å². The van der Waals surface area contributed by atoms with E-state index in [9.17, 15) is 9.59 Å². The normalized spacial score (nSPS) is 10.0. The first-order chi connectivity index (χ1) is 9.11. The lowest BCUT2D eigenvalue weighted by molar-refractivity contribution is -0.150. The summed E-state index contributed by atoms with van der Waals surface area (Å²) in [6, 6.07) is 4.66. The van der Waals surface area contributed by atoms with Crippen molar-refractivity contribution in [1.82, 2.24) is 20.6 Å². The van der Waals surface area contributed by atoms with Gasteiger partial charge in [0.2, 0.25) is 5.82 Å². The zero-order valence-electron chi connectivity index (χ0n) is 9.68. The van der Waals surface area contributed by atoms with Crippen LogP contribution in [0.15, 0.2) is 18.2 Å². The van der Waals surface area contributed by atoms with Crippen LogP contribution < -0.4 is 5.32 Å². The lowest BCUT2D eigenvalue weighted by Crippen LogP contribution is -2.24. The molecular weight excluding hydrogens is 274 g/mol. The van der Waals surface area contributed by atoms with E-state index < -0.39 is 11.9 Å². The molecule has 2 aromatic rings. The molecule has 0 saturated heterocycles. The second-order valence-electron chi connectivity index (χ2n) is 3.37. The first-order valence-corrected chi connectivity index (χ1v) is 5.42. The van der Waals surface area contributed by atoms with Crippen molar-refractivity contribution in [2.45, 2.75) is 0 Å². The van der Waals surface area contributed by atoms with Crippen LogP contribution in [-0.4, -0.2) is 39.6 Å². The Morgan fingerprint density at radius 2 is 2.21 bits per heavy atom.